The Labute approximate surface area is 748 Å². The van der Waals surface area contributed by atoms with Crippen LogP contribution in [0.15, 0.2) is 156 Å². The maximum absolute atomic E-state index is 13.3. The predicted molar refractivity (Wildman–Crippen MR) is 505 cm³/mol. The Morgan fingerprint density at radius 1 is 0.419 bits per heavy atom. The fourth-order valence-electron chi connectivity index (χ4n) is 19.5. The number of anilines is 3. The Morgan fingerprint density at radius 2 is 0.815 bits per heavy atom. The molecular formula is C103H138BrN11O9. The van der Waals surface area contributed by atoms with Gasteiger partial charge in [0, 0.05) is 181 Å². The molecule has 1 N–H and O–H groups in total. The molecule has 4 aliphatic carbocycles. The number of aldehydes is 1. The first kappa shape index (κ1) is 93.0. The molecular weight excluding hydrogens is 1620 g/mol. The Morgan fingerprint density at radius 3 is 1.23 bits per heavy atom. The van der Waals surface area contributed by atoms with Gasteiger partial charge in [-0.05, 0) is 275 Å². The number of Topliss-reactive ketones (excluding diaryl/α,β-unsaturated/α-hetero) is 4. The number of hydrogen-bond acceptors (Lipinski definition) is 20. The van der Waals surface area contributed by atoms with E-state index in [1.165, 1.54) is 47.2 Å². The number of likely N-dealkylation sites (N-methyl/N-ethyl adjacent to an activating group) is 4. The number of piperidine rings is 3. The van der Waals surface area contributed by atoms with E-state index < -0.39 is 0 Å². The standard InChI is InChI=1S/C29H39N3O2.C29H37N3O2.C16H22N2O2.C13H17NO.C10H9BrO2.C6H14N2/c2*1-21-19-32(14-13-30(21)2)27-17-24-16-25(29(33)26(24)18-28(27)34-3)15-22-9-11-31(12-10-22)20-23-7-5-4-6-8-23;1-11-10-18(7-6-17(11)2)14-8-12-4-5-15(19)13(12)9-16(14)20-3;15-11-13-6-8-14(9-7-13)10-12-4-2-1-3-5-12;1-13-10-5-7-6(4-8(10)11)2-3-9(7)12;1-6-5-7-3-4-8(6)2/h4-8,17-18,21-22,25H,9-16,19-20H2,1-3H3;4-8,15,17-18,21-22H,9-14,16,19-20H2,1-3H3;8-9,11H,4-7,10H2,1-3H3;1-5,11,13H,6-10H2;4-5H,2-3H2,1H3;6-7H,3-5H2,1-2H3/b;25-15+;;;;. The summed E-state index contributed by atoms with van der Waals surface area (Å²) in [6, 6.07) is 50.6. The van der Waals surface area contributed by atoms with E-state index in [0.29, 0.717) is 54.5 Å². The predicted octanol–water partition coefficient (Wildman–Crippen LogP) is 15.5. The number of ether oxygens (including phenoxy) is 4. The maximum atomic E-state index is 13.3. The number of allylic oxidation sites excluding steroid dienone is 2. The third-order valence-corrected chi connectivity index (χ3v) is 28.8. The molecule has 7 fully saturated rings. The van der Waals surface area contributed by atoms with Crippen molar-refractivity contribution in [3.8, 4) is 23.0 Å². The Hall–Kier alpha value is -8.61. The number of fused-ring (bicyclic) bond motifs is 4. The van der Waals surface area contributed by atoms with E-state index in [0.717, 1.165) is 284 Å². The zero-order chi connectivity index (χ0) is 87.5. The number of carbonyl (C=O) groups excluding carboxylic acids is 5. The first-order valence-electron chi connectivity index (χ1n) is 45.9. The van der Waals surface area contributed by atoms with E-state index in [2.05, 4.69) is 235 Å². The van der Waals surface area contributed by atoms with Gasteiger partial charge in [0.1, 0.15) is 29.3 Å². The zero-order valence-corrected chi connectivity index (χ0v) is 77.7. The van der Waals surface area contributed by atoms with Crippen molar-refractivity contribution >= 4 is 62.4 Å². The Bertz CT molecular complexity index is 4730. The van der Waals surface area contributed by atoms with Crippen LogP contribution in [0.1, 0.15) is 166 Å². The number of rotatable bonds is 17. The van der Waals surface area contributed by atoms with Gasteiger partial charge >= 0.3 is 0 Å². The normalized spacial score (nSPS) is 22.8. The molecule has 0 bridgehead atoms. The molecule has 0 aromatic heterocycles. The third kappa shape index (κ3) is 24.2. The molecule has 18 rings (SSSR count). The Balaban J connectivity index is 0.000000136. The lowest BCUT2D eigenvalue weighted by molar-refractivity contribution is -0.112. The average Bonchev–Trinajstić information content (AvgIpc) is 1.62. The van der Waals surface area contributed by atoms with Gasteiger partial charge in [0.15, 0.2) is 23.1 Å². The van der Waals surface area contributed by atoms with Crippen molar-refractivity contribution in [1.29, 1.82) is 0 Å². The van der Waals surface area contributed by atoms with E-state index in [9.17, 15) is 24.0 Å². The number of halogens is 1. The second kappa shape index (κ2) is 44.7. The van der Waals surface area contributed by atoms with Crippen LogP contribution in [0.4, 0.5) is 17.1 Å². The van der Waals surface area contributed by atoms with Gasteiger partial charge in [0.05, 0.1) is 50.0 Å². The van der Waals surface area contributed by atoms with Gasteiger partial charge < -0.3 is 63.4 Å². The fraction of sp³-hybridized carbons (Fsp3) is 0.524. The highest BCUT2D eigenvalue weighted by Crippen LogP contribution is 2.44. The van der Waals surface area contributed by atoms with Gasteiger partial charge in [-0.1, -0.05) is 97.1 Å². The van der Waals surface area contributed by atoms with Crippen LogP contribution in [0, 0.1) is 23.7 Å². The van der Waals surface area contributed by atoms with Gasteiger partial charge in [-0.2, -0.15) is 0 Å². The molecule has 7 aromatic carbocycles. The summed E-state index contributed by atoms with van der Waals surface area (Å²) < 4.78 is 23.1. The van der Waals surface area contributed by atoms with Crippen LogP contribution in [0.25, 0.3) is 0 Å². The van der Waals surface area contributed by atoms with E-state index in [1.54, 1.807) is 28.4 Å². The van der Waals surface area contributed by atoms with Crippen LogP contribution in [0.3, 0.4) is 0 Å². The molecule has 0 saturated carbocycles. The van der Waals surface area contributed by atoms with Crippen LogP contribution in [-0.2, 0) is 50.1 Å². The minimum Gasteiger partial charge on any atom is -0.496 e. The number of likely N-dealkylation sites (tertiary alicyclic amines) is 3. The van der Waals surface area contributed by atoms with E-state index in [4.69, 9.17) is 18.9 Å². The Kier molecular flexibility index (Phi) is 33.5. The number of aryl methyl sites for hydroxylation is 2. The van der Waals surface area contributed by atoms with Crippen molar-refractivity contribution in [2.45, 2.75) is 155 Å². The minimum absolute atomic E-state index is 0.132. The van der Waals surface area contributed by atoms with E-state index in [-0.39, 0.29) is 23.3 Å². The minimum atomic E-state index is 0.132. The maximum Gasteiger partial charge on any atom is 0.189 e. The molecule has 666 valence electrons. The number of ketones is 4. The van der Waals surface area contributed by atoms with E-state index >= 15 is 0 Å². The van der Waals surface area contributed by atoms with Gasteiger partial charge in [0.25, 0.3) is 0 Å². The number of nitrogens with one attached hydrogen (secondary N) is 1. The molecule has 20 nitrogen and oxygen atoms in total. The van der Waals surface area contributed by atoms with Crippen LogP contribution < -0.4 is 39.0 Å². The van der Waals surface area contributed by atoms with Crippen LogP contribution in [-0.4, -0.2) is 262 Å². The molecule has 5 atom stereocenters. The van der Waals surface area contributed by atoms with Crippen molar-refractivity contribution in [1.82, 2.24) is 39.6 Å². The summed E-state index contributed by atoms with van der Waals surface area (Å²) in [4.78, 5) is 84.7. The second-order valence-corrected chi connectivity index (χ2v) is 37.5. The van der Waals surface area contributed by atoms with Crippen molar-refractivity contribution in [2.24, 2.45) is 23.7 Å². The van der Waals surface area contributed by atoms with Crippen molar-refractivity contribution < 1.29 is 42.9 Å². The second-order valence-electron chi connectivity index (χ2n) is 36.6. The van der Waals surface area contributed by atoms with Gasteiger partial charge in [-0.15, -0.1) is 0 Å². The number of nitrogens with zero attached hydrogens (tertiary/aromatic N) is 10. The molecule has 7 aromatic rings. The molecule has 0 radical (unpaired) electrons. The van der Waals surface area contributed by atoms with Gasteiger partial charge in [-0.3, -0.25) is 33.9 Å². The molecule has 21 heteroatoms. The molecule has 0 spiro atoms. The highest BCUT2D eigenvalue weighted by molar-refractivity contribution is 9.10. The summed E-state index contributed by atoms with van der Waals surface area (Å²) in [6.45, 7) is 31.2. The largest absolute Gasteiger partial charge is 0.496 e. The summed E-state index contributed by atoms with van der Waals surface area (Å²) in [5.74, 6) is 5.79. The molecule has 11 aliphatic rings. The quantitative estimate of drug-likeness (QED) is 0.0675. The first-order chi connectivity index (χ1) is 60.0. The summed E-state index contributed by atoms with van der Waals surface area (Å²) in [6.07, 6.45) is 15.7. The number of methoxy groups -OCH3 is 4. The molecule has 7 saturated heterocycles. The lowest BCUT2D eigenvalue weighted by Gasteiger charge is -2.39. The SMILES string of the molecule is CC1CNCCN1C.COc1cc2c(cc1Br)CCC2=O.COc1cc2c(cc1N1CCN(C)C(C)C1)C/C(=C\C1CCN(Cc3ccccc3)CC1)C2=O.COc1cc2c(cc1N1CCN(C)C(C)C1)CC(CC1CCN(Cc3ccccc3)CC1)C2=O.COc1cc2c(cc1N1CCN(C)C(C)C1)CCC2=O.O=CC1CCN(Cc2ccccc2)CC1. The lowest BCUT2D eigenvalue weighted by atomic mass is 9.85. The summed E-state index contributed by atoms with van der Waals surface area (Å²) in [5.41, 5.74) is 16.6. The number of piperazine rings is 4. The average molecular weight is 1750 g/mol. The lowest BCUT2D eigenvalue weighted by Crippen LogP contribution is -2.50. The van der Waals surface area contributed by atoms with Crippen LogP contribution in [0.2, 0.25) is 0 Å². The topological polar surface area (TPSA) is 167 Å². The molecule has 0 amide bonds. The number of carbonyl (C=O) groups is 5. The fourth-order valence-corrected chi connectivity index (χ4v) is 20.0. The molecule has 7 aliphatic heterocycles. The zero-order valence-electron chi connectivity index (χ0n) is 76.1. The summed E-state index contributed by atoms with van der Waals surface area (Å²) >= 11 is 3.39. The highest BCUT2D eigenvalue weighted by atomic mass is 79.9. The monoisotopic (exact) mass is 1750 g/mol. The van der Waals surface area contributed by atoms with Gasteiger partial charge in [-0.25, -0.2) is 0 Å². The van der Waals surface area contributed by atoms with E-state index in [1.807, 2.05) is 36.4 Å². The third-order valence-electron chi connectivity index (χ3n) is 28.2. The molecule has 5 unspecified atom stereocenters. The van der Waals surface area contributed by atoms with Crippen molar-refractivity contribution in [3.63, 3.8) is 0 Å². The van der Waals surface area contributed by atoms with Crippen molar-refractivity contribution in [3.05, 3.63) is 217 Å². The van der Waals surface area contributed by atoms with Crippen molar-refractivity contribution in [2.75, 3.05) is 189 Å². The molecule has 124 heavy (non-hydrogen) atoms. The van der Waals surface area contributed by atoms with Crippen LogP contribution in [0.5, 0.6) is 23.0 Å². The first-order valence-corrected chi connectivity index (χ1v) is 46.7. The van der Waals surface area contributed by atoms with Gasteiger partial charge in [0.2, 0.25) is 0 Å². The van der Waals surface area contributed by atoms with Crippen LogP contribution >= 0.6 is 15.9 Å². The highest BCUT2D eigenvalue weighted by Gasteiger charge is 2.38. The number of benzene rings is 7. The smallest absolute Gasteiger partial charge is 0.189 e. The molecule has 7 heterocycles. The summed E-state index contributed by atoms with van der Waals surface area (Å²) in [7, 11) is 15.4. The summed E-state index contributed by atoms with van der Waals surface area (Å²) in [5, 5.41) is 3.32. The number of hydrogen-bond donors (Lipinski definition) is 1.